The van der Waals surface area contributed by atoms with Crippen molar-refractivity contribution in [3.63, 3.8) is 0 Å². The molecule has 0 saturated heterocycles. The van der Waals surface area contributed by atoms with E-state index in [0.29, 0.717) is 23.9 Å². The van der Waals surface area contributed by atoms with Gasteiger partial charge in [0.15, 0.2) is 11.4 Å². The Hall–Kier alpha value is -3.58. The summed E-state index contributed by atoms with van der Waals surface area (Å²) in [5.41, 5.74) is 4.34. The number of aldehydes is 1. The molecule has 0 bridgehead atoms. The third kappa shape index (κ3) is 3.92. The van der Waals surface area contributed by atoms with Crippen molar-refractivity contribution in [2.75, 3.05) is 0 Å². The van der Waals surface area contributed by atoms with Crippen molar-refractivity contribution in [3.8, 4) is 22.5 Å². The molecule has 4 aromatic rings. The quantitative estimate of drug-likeness (QED) is 0.440. The summed E-state index contributed by atoms with van der Waals surface area (Å²) >= 11 is 6.15. The third-order valence-corrected chi connectivity index (χ3v) is 5.00. The zero-order chi connectivity index (χ0) is 20.9. The number of carbonyl (C=O) groups excluding carboxylic acids is 1. The highest BCUT2D eigenvalue weighted by Gasteiger charge is 2.15. The van der Waals surface area contributed by atoms with E-state index in [9.17, 15) is 4.79 Å². The van der Waals surface area contributed by atoms with Gasteiger partial charge in [0, 0.05) is 12.1 Å². The molecule has 0 aliphatic heterocycles. The fourth-order valence-electron chi connectivity index (χ4n) is 3.26. The average molecular weight is 419 g/mol. The molecule has 0 unspecified atom stereocenters. The van der Waals surface area contributed by atoms with Crippen LogP contribution in [0.5, 0.6) is 0 Å². The molecule has 7 nitrogen and oxygen atoms in total. The highest BCUT2D eigenvalue weighted by atomic mass is 35.5. The highest BCUT2D eigenvalue weighted by molar-refractivity contribution is 6.31. The molecule has 0 amide bonds. The van der Waals surface area contributed by atoms with Gasteiger partial charge in [0.25, 0.3) is 0 Å². The van der Waals surface area contributed by atoms with Crippen LogP contribution in [0.3, 0.4) is 0 Å². The van der Waals surface area contributed by atoms with Gasteiger partial charge in [0.2, 0.25) is 5.82 Å². The van der Waals surface area contributed by atoms with Crippen LogP contribution in [0, 0.1) is 0 Å². The fourth-order valence-corrected chi connectivity index (χ4v) is 3.49. The first-order valence-electron chi connectivity index (χ1n) is 9.51. The van der Waals surface area contributed by atoms with Crippen LogP contribution >= 0.6 is 11.6 Å². The first-order valence-corrected chi connectivity index (χ1v) is 9.89. The van der Waals surface area contributed by atoms with E-state index in [-0.39, 0.29) is 5.15 Å². The van der Waals surface area contributed by atoms with Crippen LogP contribution in [0.15, 0.2) is 54.6 Å². The highest BCUT2D eigenvalue weighted by Crippen LogP contribution is 2.30. The van der Waals surface area contributed by atoms with E-state index in [2.05, 4.69) is 25.6 Å². The maximum atomic E-state index is 11.5. The second kappa shape index (κ2) is 8.84. The van der Waals surface area contributed by atoms with Gasteiger partial charge in [-0.3, -0.25) is 4.79 Å². The standard InChI is InChI=1S/C22H19ClN6O/c1-2-3-8-20-24-21(23)19(14-30)29(20)13-15-9-11-16(12-10-15)17-6-4-5-7-18(17)22-25-27-28-26-22/h3-12,14H,2,13H2,1H3,(H,25,26,27,28)/b8-3-. The Kier molecular flexibility index (Phi) is 5.81. The van der Waals surface area contributed by atoms with Crippen LogP contribution in [0.4, 0.5) is 0 Å². The zero-order valence-corrected chi connectivity index (χ0v) is 17.0. The second-order valence-corrected chi connectivity index (χ2v) is 7.00. The molecule has 0 atom stereocenters. The minimum absolute atomic E-state index is 0.214. The number of allylic oxidation sites excluding steroid dienone is 1. The Labute approximate surface area is 178 Å². The molecule has 0 saturated carbocycles. The number of tetrazole rings is 1. The second-order valence-electron chi connectivity index (χ2n) is 6.64. The predicted molar refractivity (Wildman–Crippen MR) is 116 cm³/mol. The summed E-state index contributed by atoms with van der Waals surface area (Å²) in [6.45, 7) is 2.53. The topological polar surface area (TPSA) is 89.4 Å². The third-order valence-electron chi connectivity index (χ3n) is 4.72. The molecule has 1 N–H and O–H groups in total. The van der Waals surface area contributed by atoms with Gasteiger partial charge < -0.3 is 4.57 Å². The summed E-state index contributed by atoms with van der Waals surface area (Å²) in [6, 6.07) is 16.0. The normalized spacial score (nSPS) is 11.3. The van der Waals surface area contributed by atoms with E-state index in [4.69, 9.17) is 11.6 Å². The van der Waals surface area contributed by atoms with Crippen molar-refractivity contribution < 1.29 is 4.79 Å². The number of benzene rings is 2. The fraction of sp³-hybridized carbons (Fsp3) is 0.136. The van der Waals surface area contributed by atoms with Crippen molar-refractivity contribution in [1.29, 1.82) is 0 Å². The molecular weight excluding hydrogens is 400 g/mol. The lowest BCUT2D eigenvalue weighted by Gasteiger charge is -2.10. The van der Waals surface area contributed by atoms with Crippen LogP contribution in [-0.4, -0.2) is 36.5 Å². The molecule has 4 rings (SSSR count). The van der Waals surface area contributed by atoms with Gasteiger partial charge in [0.05, 0.1) is 0 Å². The Morgan fingerprint density at radius 2 is 1.87 bits per heavy atom. The Balaban J connectivity index is 1.65. The molecule has 0 aliphatic carbocycles. The SMILES string of the molecule is CC/C=C\c1nc(Cl)c(C=O)n1Cc1ccc(-c2ccccc2-c2nn[nH]n2)cc1. The lowest BCUT2D eigenvalue weighted by molar-refractivity contribution is 0.111. The number of H-pyrrole nitrogens is 1. The lowest BCUT2D eigenvalue weighted by Crippen LogP contribution is -2.06. The largest absolute Gasteiger partial charge is 0.317 e. The molecule has 30 heavy (non-hydrogen) atoms. The summed E-state index contributed by atoms with van der Waals surface area (Å²) < 4.78 is 1.82. The number of halogens is 1. The smallest absolute Gasteiger partial charge is 0.205 e. The number of nitrogens with zero attached hydrogens (tertiary/aromatic N) is 5. The molecule has 0 aliphatic rings. The van der Waals surface area contributed by atoms with E-state index in [1.807, 2.05) is 72.2 Å². The maximum Gasteiger partial charge on any atom is 0.205 e. The van der Waals surface area contributed by atoms with Crippen LogP contribution < -0.4 is 0 Å². The number of hydrogen-bond donors (Lipinski definition) is 1. The number of aromatic nitrogens is 6. The molecular formula is C22H19ClN6O. The van der Waals surface area contributed by atoms with Crippen molar-refractivity contribution in [1.82, 2.24) is 30.2 Å². The number of rotatable bonds is 7. The molecule has 8 heteroatoms. The first-order chi connectivity index (χ1) is 14.7. The van der Waals surface area contributed by atoms with Crippen molar-refractivity contribution in [2.45, 2.75) is 19.9 Å². The number of hydrogen-bond acceptors (Lipinski definition) is 5. The average Bonchev–Trinajstić information content (AvgIpc) is 3.41. The Bertz CT molecular complexity index is 1180. The molecule has 0 radical (unpaired) electrons. The Morgan fingerprint density at radius 1 is 1.10 bits per heavy atom. The first kappa shape index (κ1) is 19.7. The zero-order valence-electron chi connectivity index (χ0n) is 16.3. The molecule has 2 heterocycles. The van der Waals surface area contributed by atoms with Gasteiger partial charge in [-0.25, -0.2) is 4.98 Å². The summed E-state index contributed by atoms with van der Waals surface area (Å²) in [5.74, 6) is 1.21. The van der Waals surface area contributed by atoms with Crippen LogP contribution in [0.1, 0.15) is 35.2 Å². The summed E-state index contributed by atoms with van der Waals surface area (Å²) in [4.78, 5) is 15.8. The number of aromatic amines is 1. The lowest BCUT2D eigenvalue weighted by atomic mass is 9.98. The van der Waals surface area contributed by atoms with Crippen molar-refractivity contribution >= 4 is 24.0 Å². The number of carbonyl (C=O) groups is 1. The summed E-state index contributed by atoms with van der Waals surface area (Å²) in [5, 5.41) is 14.5. The maximum absolute atomic E-state index is 11.5. The van der Waals surface area contributed by atoms with Crippen molar-refractivity contribution in [3.05, 3.63) is 76.8 Å². The van der Waals surface area contributed by atoms with E-state index in [0.717, 1.165) is 35.0 Å². The van der Waals surface area contributed by atoms with Crippen molar-refractivity contribution in [2.24, 2.45) is 0 Å². The Morgan fingerprint density at radius 3 is 2.53 bits per heavy atom. The minimum Gasteiger partial charge on any atom is -0.317 e. The van der Waals surface area contributed by atoms with Gasteiger partial charge in [-0.2, -0.15) is 5.21 Å². The molecule has 0 spiro atoms. The number of nitrogens with one attached hydrogen (secondary N) is 1. The van der Waals surface area contributed by atoms with Gasteiger partial charge in [-0.05, 0) is 34.4 Å². The molecule has 0 fully saturated rings. The molecule has 150 valence electrons. The summed E-state index contributed by atoms with van der Waals surface area (Å²) in [7, 11) is 0. The molecule has 2 aromatic heterocycles. The van der Waals surface area contributed by atoms with E-state index < -0.39 is 0 Å². The van der Waals surface area contributed by atoms with Gasteiger partial charge >= 0.3 is 0 Å². The monoisotopic (exact) mass is 418 g/mol. The van der Waals surface area contributed by atoms with Gasteiger partial charge in [0.1, 0.15) is 11.5 Å². The predicted octanol–water partition coefficient (Wildman–Crippen LogP) is 4.67. The van der Waals surface area contributed by atoms with Gasteiger partial charge in [-0.15, -0.1) is 10.2 Å². The van der Waals surface area contributed by atoms with Crippen LogP contribution in [0.2, 0.25) is 5.15 Å². The van der Waals surface area contributed by atoms with Crippen LogP contribution in [-0.2, 0) is 6.54 Å². The van der Waals surface area contributed by atoms with E-state index in [1.54, 1.807) is 0 Å². The van der Waals surface area contributed by atoms with E-state index in [1.165, 1.54) is 0 Å². The molecule has 2 aromatic carbocycles. The van der Waals surface area contributed by atoms with E-state index >= 15 is 0 Å². The minimum atomic E-state index is 0.214. The summed E-state index contributed by atoms with van der Waals surface area (Å²) in [6.07, 6.45) is 5.49. The van der Waals surface area contributed by atoms with Gasteiger partial charge in [-0.1, -0.05) is 73.1 Å². The van der Waals surface area contributed by atoms with Crippen LogP contribution in [0.25, 0.3) is 28.6 Å². The number of imidazole rings is 1.